The van der Waals surface area contributed by atoms with Crippen molar-refractivity contribution in [1.29, 1.82) is 0 Å². The zero-order chi connectivity index (χ0) is 9.61. The fraction of sp³-hybridized carbons (Fsp3) is 0.875. The average Bonchev–Trinajstić information content (AvgIpc) is 1.95. The first kappa shape index (κ1) is 11.8. The zero-order valence-corrected chi connectivity index (χ0v) is 8.96. The Kier molecular flexibility index (Phi) is 5.33. The van der Waals surface area contributed by atoms with Gasteiger partial charge in [-0.25, -0.2) is 5.48 Å². The number of hydrogen-bond donors (Lipinski definition) is 1. The predicted octanol–water partition coefficient (Wildman–Crippen LogP) is 1.59. The SMILES string of the molecule is CSCCC(=O)NOC(C)(C)C. The molecule has 0 aliphatic rings. The Morgan fingerprint density at radius 1 is 1.50 bits per heavy atom. The largest absolute Gasteiger partial charge is 0.273 e. The van der Waals surface area contributed by atoms with Crippen LogP contribution in [0.2, 0.25) is 0 Å². The first-order chi connectivity index (χ1) is 5.45. The van der Waals surface area contributed by atoms with E-state index in [0.29, 0.717) is 6.42 Å². The van der Waals surface area contributed by atoms with Crippen LogP contribution in [0, 0.1) is 0 Å². The molecule has 0 heterocycles. The van der Waals surface area contributed by atoms with E-state index in [1.54, 1.807) is 11.8 Å². The van der Waals surface area contributed by atoms with Gasteiger partial charge >= 0.3 is 0 Å². The van der Waals surface area contributed by atoms with Crippen LogP contribution in [0.3, 0.4) is 0 Å². The third kappa shape index (κ3) is 7.88. The van der Waals surface area contributed by atoms with E-state index in [1.165, 1.54) is 0 Å². The van der Waals surface area contributed by atoms with Gasteiger partial charge in [-0.1, -0.05) is 0 Å². The quantitative estimate of drug-likeness (QED) is 0.686. The standard InChI is InChI=1S/C8H17NO2S/c1-8(2,3)11-9-7(10)5-6-12-4/h5-6H2,1-4H3,(H,9,10). The summed E-state index contributed by atoms with van der Waals surface area (Å²) in [6, 6.07) is 0. The van der Waals surface area contributed by atoms with Crippen LogP contribution in [0.5, 0.6) is 0 Å². The molecule has 0 fully saturated rings. The van der Waals surface area contributed by atoms with E-state index in [9.17, 15) is 4.79 Å². The molecular formula is C8H17NO2S. The van der Waals surface area contributed by atoms with Crippen LogP contribution < -0.4 is 5.48 Å². The second kappa shape index (κ2) is 5.43. The Bertz CT molecular complexity index is 142. The van der Waals surface area contributed by atoms with Gasteiger partial charge in [-0.05, 0) is 27.0 Å². The summed E-state index contributed by atoms with van der Waals surface area (Å²) in [6.07, 6.45) is 2.48. The Morgan fingerprint density at radius 3 is 2.50 bits per heavy atom. The van der Waals surface area contributed by atoms with Crippen molar-refractivity contribution in [2.24, 2.45) is 0 Å². The fourth-order valence-corrected chi connectivity index (χ4v) is 0.845. The minimum atomic E-state index is -0.310. The average molecular weight is 191 g/mol. The minimum absolute atomic E-state index is 0.0562. The normalized spacial score (nSPS) is 11.3. The lowest BCUT2D eigenvalue weighted by Gasteiger charge is -2.18. The predicted molar refractivity (Wildman–Crippen MR) is 52.0 cm³/mol. The highest BCUT2D eigenvalue weighted by Crippen LogP contribution is 2.04. The number of hydrogen-bond acceptors (Lipinski definition) is 3. The number of hydroxylamine groups is 1. The fourth-order valence-electron chi connectivity index (χ4n) is 0.456. The van der Waals surface area contributed by atoms with Crippen molar-refractivity contribution in [1.82, 2.24) is 5.48 Å². The molecule has 0 radical (unpaired) electrons. The van der Waals surface area contributed by atoms with Gasteiger partial charge in [-0.3, -0.25) is 9.63 Å². The van der Waals surface area contributed by atoms with Gasteiger partial charge < -0.3 is 0 Å². The molecule has 12 heavy (non-hydrogen) atoms. The van der Waals surface area contributed by atoms with E-state index in [1.807, 2.05) is 27.0 Å². The number of carbonyl (C=O) groups is 1. The topological polar surface area (TPSA) is 38.3 Å². The van der Waals surface area contributed by atoms with E-state index >= 15 is 0 Å². The van der Waals surface area contributed by atoms with Gasteiger partial charge in [0.2, 0.25) is 5.91 Å². The molecule has 0 saturated heterocycles. The monoisotopic (exact) mass is 191 g/mol. The Hall–Kier alpha value is -0.220. The summed E-state index contributed by atoms with van der Waals surface area (Å²) in [7, 11) is 0. The van der Waals surface area contributed by atoms with Gasteiger partial charge in [0.05, 0.1) is 5.60 Å². The summed E-state index contributed by atoms with van der Waals surface area (Å²) in [5.74, 6) is 0.776. The highest BCUT2D eigenvalue weighted by atomic mass is 32.2. The van der Waals surface area contributed by atoms with Crippen molar-refractivity contribution in [3.05, 3.63) is 0 Å². The van der Waals surface area contributed by atoms with Crippen LogP contribution in [0.25, 0.3) is 0 Å². The maximum Gasteiger partial charge on any atom is 0.244 e. The molecule has 0 rings (SSSR count). The Balaban J connectivity index is 3.44. The van der Waals surface area contributed by atoms with Crippen molar-refractivity contribution < 1.29 is 9.63 Å². The first-order valence-corrected chi connectivity index (χ1v) is 5.31. The van der Waals surface area contributed by atoms with E-state index in [-0.39, 0.29) is 11.5 Å². The Morgan fingerprint density at radius 2 is 2.08 bits per heavy atom. The lowest BCUT2D eigenvalue weighted by molar-refractivity contribution is -0.145. The van der Waals surface area contributed by atoms with Crippen molar-refractivity contribution in [3.63, 3.8) is 0 Å². The molecule has 4 heteroatoms. The minimum Gasteiger partial charge on any atom is -0.273 e. The molecule has 3 nitrogen and oxygen atoms in total. The third-order valence-electron chi connectivity index (χ3n) is 1.00. The van der Waals surface area contributed by atoms with Gasteiger partial charge in [-0.2, -0.15) is 11.8 Å². The zero-order valence-electron chi connectivity index (χ0n) is 8.14. The summed E-state index contributed by atoms with van der Waals surface area (Å²) >= 11 is 1.65. The number of carbonyl (C=O) groups excluding carboxylic acids is 1. The van der Waals surface area contributed by atoms with E-state index in [2.05, 4.69) is 5.48 Å². The number of rotatable bonds is 4. The molecule has 1 amide bonds. The van der Waals surface area contributed by atoms with Crippen LogP contribution in [0.15, 0.2) is 0 Å². The molecule has 0 aromatic heterocycles. The van der Waals surface area contributed by atoms with Crippen LogP contribution in [0.4, 0.5) is 0 Å². The summed E-state index contributed by atoms with van der Waals surface area (Å²) in [5.41, 5.74) is 2.09. The lowest BCUT2D eigenvalue weighted by Crippen LogP contribution is -2.33. The third-order valence-corrected chi connectivity index (χ3v) is 1.62. The second-order valence-corrected chi connectivity index (χ2v) is 4.47. The van der Waals surface area contributed by atoms with Gasteiger partial charge in [0.15, 0.2) is 0 Å². The maximum atomic E-state index is 11.0. The molecule has 0 saturated carbocycles. The number of thioether (sulfide) groups is 1. The second-order valence-electron chi connectivity index (χ2n) is 3.48. The summed E-state index contributed by atoms with van der Waals surface area (Å²) in [4.78, 5) is 16.1. The molecular weight excluding hydrogens is 174 g/mol. The van der Waals surface area contributed by atoms with Crippen molar-refractivity contribution in [2.45, 2.75) is 32.8 Å². The van der Waals surface area contributed by atoms with E-state index in [4.69, 9.17) is 4.84 Å². The van der Waals surface area contributed by atoms with Gasteiger partial charge in [0.1, 0.15) is 0 Å². The molecule has 0 atom stereocenters. The van der Waals surface area contributed by atoms with E-state index < -0.39 is 0 Å². The molecule has 0 aromatic rings. The van der Waals surface area contributed by atoms with Gasteiger partial charge in [0.25, 0.3) is 0 Å². The maximum absolute atomic E-state index is 11.0. The summed E-state index contributed by atoms with van der Waals surface area (Å²) in [5, 5.41) is 0. The van der Waals surface area contributed by atoms with Crippen LogP contribution in [-0.4, -0.2) is 23.5 Å². The van der Waals surface area contributed by atoms with Crippen molar-refractivity contribution in [2.75, 3.05) is 12.0 Å². The number of amides is 1. The molecule has 72 valence electrons. The first-order valence-electron chi connectivity index (χ1n) is 3.91. The summed E-state index contributed by atoms with van der Waals surface area (Å²) in [6.45, 7) is 5.67. The Labute approximate surface area is 78.2 Å². The molecule has 1 N–H and O–H groups in total. The molecule has 0 aromatic carbocycles. The van der Waals surface area contributed by atoms with E-state index in [0.717, 1.165) is 5.75 Å². The molecule has 0 bridgehead atoms. The van der Waals surface area contributed by atoms with Gasteiger partial charge in [-0.15, -0.1) is 0 Å². The van der Waals surface area contributed by atoms with Crippen molar-refractivity contribution >= 4 is 17.7 Å². The highest BCUT2D eigenvalue weighted by Gasteiger charge is 2.12. The molecule has 0 aliphatic heterocycles. The molecule has 0 aliphatic carbocycles. The summed E-state index contributed by atoms with van der Waals surface area (Å²) < 4.78 is 0. The number of nitrogens with one attached hydrogen (secondary N) is 1. The molecule has 0 unspecified atom stereocenters. The smallest absolute Gasteiger partial charge is 0.244 e. The molecule has 0 spiro atoms. The lowest BCUT2D eigenvalue weighted by atomic mass is 10.2. The van der Waals surface area contributed by atoms with Crippen LogP contribution >= 0.6 is 11.8 Å². The van der Waals surface area contributed by atoms with Crippen molar-refractivity contribution in [3.8, 4) is 0 Å². The van der Waals surface area contributed by atoms with Crippen LogP contribution in [0.1, 0.15) is 27.2 Å². The highest BCUT2D eigenvalue weighted by molar-refractivity contribution is 7.98. The van der Waals surface area contributed by atoms with Gasteiger partial charge in [0, 0.05) is 12.2 Å². The van der Waals surface area contributed by atoms with Crippen LogP contribution in [-0.2, 0) is 9.63 Å².